The van der Waals surface area contributed by atoms with Crippen LogP contribution in [0.1, 0.15) is 58.8 Å². The highest BCUT2D eigenvalue weighted by atomic mass is 15.3. The summed E-state index contributed by atoms with van der Waals surface area (Å²) in [6.45, 7) is 6.86. The van der Waals surface area contributed by atoms with Gasteiger partial charge in [0.1, 0.15) is 0 Å². The minimum Gasteiger partial charge on any atom is -0.296 e. The first-order chi connectivity index (χ1) is 8.69. The summed E-state index contributed by atoms with van der Waals surface area (Å²) in [6, 6.07) is 0.308. The first kappa shape index (κ1) is 14.0. The number of rotatable bonds is 4. The van der Waals surface area contributed by atoms with Crippen molar-refractivity contribution < 1.29 is 0 Å². The average molecular weight is 251 g/mol. The fourth-order valence-corrected chi connectivity index (χ4v) is 3.84. The molecule has 0 spiro atoms. The summed E-state index contributed by atoms with van der Waals surface area (Å²) in [5.41, 5.74) is 4.74. The lowest BCUT2D eigenvalue weighted by Gasteiger charge is -2.47. The molecule has 1 aliphatic heterocycles. The lowest BCUT2D eigenvalue weighted by Crippen LogP contribution is -2.61. The Balaban J connectivity index is 2.21. The molecule has 1 heterocycles. The Bertz CT molecular complexity index is 282. The third kappa shape index (κ3) is 2.79. The smallest absolute Gasteiger partial charge is 0.0577 e. The second-order valence-corrected chi connectivity index (χ2v) is 6.25. The molecule has 3 nitrogen and oxygen atoms in total. The van der Waals surface area contributed by atoms with Gasteiger partial charge >= 0.3 is 0 Å². The van der Waals surface area contributed by atoms with E-state index in [1.54, 1.807) is 0 Å². The van der Waals surface area contributed by atoms with Crippen molar-refractivity contribution in [2.45, 2.75) is 70.4 Å². The van der Waals surface area contributed by atoms with Gasteiger partial charge in [-0.2, -0.15) is 0 Å². The van der Waals surface area contributed by atoms with Gasteiger partial charge in [-0.25, -0.2) is 0 Å². The van der Waals surface area contributed by atoms with Gasteiger partial charge in [0.2, 0.25) is 0 Å². The normalized spacial score (nSPS) is 25.9. The van der Waals surface area contributed by atoms with Crippen molar-refractivity contribution in [3.63, 3.8) is 0 Å². The highest BCUT2D eigenvalue weighted by Crippen LogP contribution is 2.40. The molecule has 2 fully saturated rings. The zero-order valence-electron chi connectivity index (χ0n) is 12.0. The van der Waals surface area contributed by atoms with Crippen LogP contribution in [0, 0.1) is 0 Å². The number of piperidine rings is 1. The Morgan fingerprint density at radius 1 is 1.11 bits per heavy atom. The maximum atomic E-state index is 5.87. The number of hydrogen-bond acceptors (Lipinski definition) is 3. The predicted octanol–water partition coefficient (Wildman–Crippen LogP) is 2.58. The van der Waals surface area contributed by atoms with E-state index in [-0.39, 0.29) is 5.54 Å². The van der Waals surface area contributed by atoms with E-state index in [1.165, 1.54) is 63.6 Å². The van der Waals surface area contributed by atoms with Crippen molar-refractivity contribution in [3.8, 4) is 0 Å². The molecule has 3 heteroatoms. The van der Waals surface area contributed by atoms with E-state index in [9.17, 15) is 0 Å². The van der Waals surface area contributed by atoms with Crippen molar-refractivity contribution in [3.05, 3.63) is 11.6 Å². The molecule has 2 aliphatic rings. The Hall–Kier alpha value is -0.380. The zero-order valence-corrected chi connectivity index (χ0v) is 12.0. The van der Waals surface area contributed by atoms with Gasteiger partial charge in [0.25, 0.3) is 0 Å². The summed E-state index contributed by atoms with van der Waals surface area (Å²) in [5.74, 6) is 5.87. The van der Waals surface area contributed by atoms with Gasteiger partial charge in [0.15, 0.2) is 0 Å². The summed E-state index contributed by atoms with van der Waals surface area (Å²) < 4.78 is 0. The maximum absolute atomic E-state index is 5.87. The van der Waals surface area contributed by atoms with Crippen molar-refractivity contribution in [2.75, 3.05) is 13.1 Å². The molecule has 0 bridgehead atoms. The van der Waals surface area contributed by atoms with Crippen LogP contribution in [-0.4, -0.2) is 29.6 Å². The van der Waals surface area contributed by atoms with Crippen molar-refractivity contribution in [1.82, 2.24) is 10.3 Å². The van der Waals surface area contributed by atoms with Crippen molar-refractivity contribution in [1.29, 1.82) is 0 Å². The standard InChI is InChI=1S/C15H29N3/c1-13(2)12-14(17-16)15(8-4-5-9-15)18-10-6-3-7-11-18/h12,14,17H,3-11,16H2,1-2H3. The predicted molar refractivity (Wildman–Crippen MR) is 77.2 cm³/mol. The Morgan fingerprint density at radius 2 is 1.72 bits per heavy atom. The minimum atomic E-state index is 0.284. The molecule has 2 rings (SSSR count). The zero-order chi connectivity index (χ0) is 13.0. The SMILES string of the molecule is CC(C)=CC(NN)C1(N2CCCCC2)CCCC1. The maximum Gasteiger partial charge on any atom is 0.0577 e. The van der Waals surface area contributed by atoms with Crippen molar-refractivity contribution >= 4 is 0 Å². The summed E-state index contributed by atoms with van der Waals surface area (Å²) in [4.78, 5) is 2.73. The van der Waals surface area contributed by atoms with Gasteiger partial charge < -0.3 is 0 Å². The van der Waals surface area contributed by atoms with Crippen LogP contribution in [0.25, 0.3) is 0 Å². The number of hydrazine groups is 1. The van der Waals surface area contributed by atoms with Crippen LogP contribution in [0.15, 0.2) is 11.6 Å². The van der Waals surface area contributed by atoms with Crippen LogP contribution in [0.5, 0.6) is 0 Å². The lowest BCUT2D eigenvalue weighted by atomic mass is 9.84. The van der Waals surface area contributed by atoms with E-state index in [1.807, 2.05) is 0 Å². The van der Waals surface area contributed by atoms with Gasteiger partial charge in [-0.3, -0.25) is 16.2 Å². The molecule has 1 saturated heterocycles. The fraction of sp³-hybridized carbons (Fsp3) is 0.867. The molecule has 1 saturated carbocycles. The summed E-state index contributed by atoms with van der Waals surface area (Å²) in [5, 5.41) is 0. The molecular formula is C15H29N3. The summed E-state index contributed by atoms with van der Waals surface area (Å²) >= 11 is 0. The second kappa shape index (κ2) is 6.18. The Kier molecular flexibility index (Phi) is 4.82. The van der Waals surface area contributed by atoms with Crippen LogP contribution in [0.3, 0.4) is 0 Å². The third-order valence-corrected chi connectivity index (χ3v) is 4.71. The molecule has 1 unspecified atom stereocenters. The molecule has 18 heavy (non-hydrogen) atoms. The highest BCUT2D eigenvalue weighted by Gasteiger charge is 2.44. The minimum absolute atomic E-state index is 0.284. The van der Waals surface area contributed by atoms with E-state index >= 15 is 0 Å². The van der Waals surface area contributed by atoms with Gasteiger partial charge in [-0.1, -0.05) is 30.9 Å². The van der Waals surface area contributed by atoms with Crippen molar-refractivity contribution in [2.24, 2.45) is 5.84 Å². The second-order valence-electron chi connectivity index (χ2n) is 6.25. The van der Waals surface area contributed by atoms with E-state index in [0.717, 1.165) is 0 Å². The summed E-state index contributed by atoms with van der Waals surface area (Å²) in [6.07, 6.45) is 11.7. The Morgan fingerprint density at radius 3 is 2.22 bits per heavy atom. The van der Waals surface area contributed by atoms with E-state index in [2.05, 4.69) is 30.2 Å². The monoisotopic (exact) mass is 251 g/mol. The van der Waals surface area contributed by atoms with E-state index in [4.69, 9.17) is 5.84 Å². The van der Waals surface area contributed by atoms with Crippen LogP contribution in [-0.2, 0) is 0 Å². The first-order valence-electron chi connectivity index (χ1n) is 7.55. The molecule has 0 aromatic rings. The van der Waals surface area contributed by atoms with E-state index < -0.39 is 0 Å². The molecule has 104 valence electrons. The number of nitrogens with two attached hydrogens (primary N) is 1. The molecule has 0 aromatic carbocycles. The summed E-state index contributed by atoms with van der Waals surface area (Å²) in [7, 11) is 0. The molecule has 0 aromatic heterocycles. The number of hydrogen-bond donors (Lipinski definition) is 2. The molecule has 1 aliphatic carbocycles. The molecule has 3 N–H and O–H groups in total. The number of likely N-dealkylation sites (tertiary alicyclic amines) is 1. The molecule has 0 radical (unpaired) electrons. The lowest BCUT2D eigenvalue weighted by molar-refractivity contribution is 0.0499. The Labute approximate surface area is 112 Å². The first-order valence-corrected chi connectivity index (χ1v) is 7.55. The van der Waals surface area contributed by atoms with Crippen LogP contribution in [0.4, 0.5) is 0 Å². The quantitative estimate of drug-likeness (QED) is 0.458. The van der Waals surface area contributed by atoms with Gasteiger partial charge in [-0.15, -0.1) is 0 Å². The van der Waals surface area contributed by atoms with Gasteiger partial charge in [-0.05, 0) is 52.6 Å². The van der Waals surface area contributed by atoms with Crippen LogP contribution < -0.4 is 11.3 Å². The third-order valence-electron chi connectivity index (χ3n) is 4.71. The molecule has 1 atom stereocenters. The number of allylic oxidation sites excluding steroid dienone is 1. The van der Waals surface area contributed by atoms with Gasteiger partial charge in [0, 0.05) is 5.54 Å². The van der Waals surface area contributed by atoms with Gasteiger partial charge in [0.05, 0.1) is 6.04 Å². The number of nitrogens with zero attached hydrogens (tertiary/aromatic N) is 1. The largest absolute Gasteiger partial charge is 0.296 e. The fourth-order valence-electron chi connectivity index (χ4n) is 3.84. The average Bonchev–Trinajstić information content (AvgIpc) is 2.87. The van der Waals surface area contributed by atoms with E-state index in [0.29, 0.717) is 6.04 Å². The van der Waals surface area contributed by atoms with Crippen LogP contribution >= 0.6 is 0 Å². The van der Waals surface area contributed by atoms with Crippen LogP contribution in [0.2, 0.25) is 0 Å². The molecular weight excluding hydrogens is 222 g/mol. The topological polar surface area (TPSA) is 41.3 Å². The highest BCUT2D eigenvalue weighted by molar-refractivity contribution is 5.14. The number of nitrogens with one attached hydrogen (secondary N) is 1. The molecule has 0 amide bonds.